The summed E-state index contributed by atoms with van der Waals surface area (Å²) in [4.78, 5) is 4.36. The SMILES string of the molecule is Fc1c(C2=NCC=C2)ccc(C2CCCC2)c1OCc1ccccc1. The summed E-state index contributed by atoms with van der Waals surface area (Å²) in [7, 11) is 0. The lowest BCUT2D eigenvalue weighted by molar-refractivity contribution is 0.284. The van der Waals surface area contributed by atoms with Crippen LogP contribution in [-0.4, -0.2) is 12.3 Å². The molecule has 0 atom stereocenters. The zero-order chi connectivity index (χ0) is 17.1. The summed E-state index contributed by atoms with van der Waals surface area (Å²) >= 11 is 0. The van der Waals surface area contributed by atoms with Gasteiger partial charge in [0.15, 0.2) is 11.6 Å². The number of ether oxygens (including phenoxy) is 1. The van der Waals surface area contributed by atoms with Gasteiger partial charge in [-0.3, -0.25) is 4.99 Å². The Balaban J connectivity index is 1.69. The normalized spacial score (nSPS) is 17.1. The fourth-order valence-electron chi connectivity index (χ4n) is 3.75. The van der Waals surface area contributed by atoms with E-state index in [1.807, 2.05) is 54.6 Å². The Hall–Kier alpha value is -2.42. The van der Waals surface area contributed by atoms with Crippen LogP contribution in [0.15, 0.2) is 59.6 Å². The molecule has 4 rings (SSSR count). The molecule has 2 nitrogen and oxygen atoms in total. The van der Waals surface area contributed by atoms with Crippen LogP contribution in [0.25, 0.3) is 0 Å². The summed E-state index contributed by atoms with van der Waals surface area (Å²) < 4.78 is 21.3. The van der Waals surface area contributed by atoms with Crippen molar-refractivity contribution in [3.63, 3.8) is 0 Å². The maximum absolute atomic E-state index is 15.3. The van der Waals surface area contributed by atoms with Crippen molar-refractivity contribution in [2.45, 2.75) is 38.2 Å². The van der Waals surface area contributed by atoms with Crippen molar-refractivity contribution in [3.05, 3.63) is 77.1 Å². The largest absolute Gasteiger partial charge is 0.486 e. The quantitative estimate of drug-likeness (QED) is 0.715. The van der Waals surface area contributed by atoms with E-state index in [0.717, 1.165) is 24.0 Å². The average molecular weight is 335 g/mol. The third-order valence-electron chi connectivity index (χ3n) is 5.07. The number of allylic oxidation sites excluding steroid dienone is 1. The summed E-state index contributed by atoms with van der Waals surface area (Å²) in [6.45, 7) is 1.00. The molecule has 2 aromatic carbocycles. The summed E-state index contributed by atoms with van der Waals surface area (Å²) in [6.07, 6.45) is 8.48. The highest BCUT2D eigenvalue weighted by Crippen LogP contribution is 2.41. The molecule has 0 radical (unpaired) electrons. The van der Waals surface area contributed by atoms with Gasteiger partial charge in [-0.05, 0) is 36.5 Å². The number of rotatable bonds is 5. The van der Waals surface area contributed by atoms with E-state index < -0.39 is 0 Å². The third kappa shape index (κ3) is 3.37. The first kappa shape index (κ1) is 16.1. The number of aliphatic imine (C=N–C) groups is 1. The van der Waals surface area contributed by atoms with Gasteiger partial charge in [0.1, 0.15) is 6.61 Å². The van der Waals surface area contributed by atoms with E-state index in [-0.39, 0.29) is 5.82 Å². The molecule has 0 amide bonds. The Labute approximate surface area is 148 Å². The fourth-order valence-corrected chi connectivity index (χ4v) is 3.75. The first-order chi connectivity index (χ1) is 12.3. The standard InChI is InChI=1S/C22H22FNO/c23-21-19(20-11-6-14-24-20)13-12-18(17-9-4-5-10-17)22(21)25-15-16-7-2-1-3-8-16/h1-3,6-8,11-13,17H,4-5,9-10,14-15H2. The van der Waals surface area contributed by atoms with Crippen LogP contribution < -0.4 is 4.74 Å². The minimum atomic E-state index is -0.273. The molecule has 1 aliphatic heterocycles. The molecule has 1 aliphatic carbocycles. The van der Waals surface area contributed by atoms with Gasteiger partial charge in [0, 0.05) is 11.1 Å². The number of hydrogen-bond acceptors (Lipinski definition) is 2. The van der Waals surface area contributed by atoms with Crippen molar-refractivity contribution in [3.8, 4) is 5.75 Å². The minimum absolute atomic E-state index is 0.273. The molecule has 2 aliphatic rings. The van der Waals surface area contributed by atoms with Crippen molar-refractivity contribution in [1.29, 1.82) is 0 Å². The van der Waals surface area contributed by atoms with Crippen molar-refractivity contribution in [2.24, 2.45) is 4.99 Å². The van der Waals surface area contributed by atoms with E-state index in [9.17, 15) is 0 Å². The highest BCUT2D eigenvalue weighted by Gasteiger charge is 2.25. The number of hydrogen-bond donors (Lipinski definition) is 0. The van der Waals surface area contributed by atoms with Gasteiger partial charge in [-0.2, -0.15) is 0 Å². The van der Waals surface area contributed by atoms with Crippen molar-refractivity contribution >= 4 is 5.71 Å². The average Bonchev–Trinajstić information content (AvgIpc) is 3.35. The smallest absolute Gasteiger partial charge is 0.174 e. The van der Waals surface area contributed by atoms with Crippen LogP contribution in [0.5, 0.6) is 5.75 Å². The molecule has 0 bridgehead atoms. The van der Waals surface area contributed by atoms with E-state index in [4.69, 9.17) is 4.74 Å². The van der Waals surface area contributed by atoms with Gasteiger partial charge in [0.25, 0.3) is 0 Å². The van der Waals surface area contributed by atoms with Crippen LogP contribution in [-0.2, 0) is 6.61 Å². The van der Waals surface area contributed by atoms with E-state index in [1.165, 1.54) is 12.8 Å². The molecule has 1 heterocycles. The number of halogens is 1. The molecular formula is C22H22FNO. The second-order valence-corrected chi connectivity index (χ2v) is 6.73. The van der Waals surface area contributed by atoms with E-state index in [1.54, 1.807) is 0 Å². The topological polar surface area (TPSA) is 21.6 Å². The first-order valence-corrected chi connectivity index (χ1v) is 9.03. The maximum atomic E-state index is 15.3. The van der Waals surface area contributed by atoms with E-state index in [0.29, 0.717) is 36.1 Å². The maximum Gasteiger partial charge on any atom is 0.174 e. The predicted molar refractivity (Wildman–Crippen MR) is 98.9 cm³/mol. The van der Waals surface area contributed by atoms with Crippen LogP contribution >= 0.6 is 0 Å². The molecule has 1 fully saturated rings. The Morgan fingerprint density at radius 2 is 1.84 bits per heavy atom. The molecule has 1 saturated carbocycles. The summed E-state index contributed by atoms with van der Waals surface area (Å²) in [6, 6.07) is 13.8. The molecule has 0 N–H and O–H groups in total. The fraction of sp³-hybridized carbons (Fsp3) is 0.318. The van der Waals surface area contributed by atoms with E-state index in [2.05, 4.69) is 4.99 Å². The third-order valence-corrected chi connectivity index (χ3v) is 5.07. The Kier molecular flexibility index (Phi) is 4.64. The Bertz CT molecular complexity index is 804. The molecular weight excluding hydrogens is 313 g/mol. The van der Waals surface area contributed by atoms with Gasteiger partial charge >= 0.3 is 0 Å². The Morgan fingerprint density at radius 1 is 1.04 bits per heavy atom. The predicted octanol–water partition coefficient (Wildman–Crippen LogP) is 5.42. The first-order valence-electron chi connectivity index (χ1n) is 9.03. The summed E-state index contributed by atoms with van der Waals surface area (Å²) in [5.41, 5.74) is 3.30. The lowest BCUT2D eigenvalue weighted by atomic mass is 9.94. The van der Waals surface area contributed by atoms with Crippen molar-refractivity contribution < 1.29 is 9.13 Å². The Morgan fingerprint density at radius 3 is 2.56 bits per heavy atom. The zero-order valence-electron chi connectivity index (χ0n) is 14.2. The molecule has 0 saturated heterocycles. The molecule has 2 aromatic rings. The monoisotopic (exact) mass is 335 g/mol. The van der Waals surface area contributed by atoms with Gasteiger partial charge in [0.05, 0.1) is 12.3 Å². The van der Waals surface area contributed by atoms with Gasteiger partial charge in [-0.1, -0.05) is 55.3 Å². The van der Waals surface area contributed by atoms with Gasteiger partial charge in [-0.15, -0.1) is 0 Å². The molecule has 25 heavy (non-hydrogen) atoms. The lowest BCUT2D eigenvalue weighted by Gasteiger charge is -2.19. The number of benzene rings is 2. The van der Waals surface area contributed by atoms with Crippen LogP contribution in [0.2, 0.25) is 0 Å². The zero-order valence-corrected chi connectivity index (χ0v) is 14.2. The molecule has 0 aromatic heterocycles. The van der Waals surface area contributed by atoms with Gasteiger partial charge in [0.2, 0.25) is 0 Å². The molecule has 0 unspecified atom stereocenters. The van der Waals surface area contributed by atoms with Crippen LogP contribution in [0.4, 0.5) is 4.39 Å². The van der Waals surface area contributed by atoms with Crippen LogP contribution in [0.1, 0.15) is 48.3 Å². The van der Waals surface area contributed by atoms with Crippen molar-refractivity contribution in [1.82, 2.24) is 0 Å². The summed E-state index contributed by atoms with van der Waals surface area (Å²) in [5.74, 6) is 0.539. The second kappa shape index (κ2) is 7.22. The molecule has 3 heteroatoms. The van der Waals surface area contributed by atoms with Crippen LogP contribution in [0, 0.1) is 5.82 Å². The summed E-state index contributed by atoms with van der Waals surface area (Å²) in [5, 5.41) is 0. The van der Waals surface area contributed by atoms with Gasteiger partial charge < -0.3 is 4.74 Å². The lowest BCUT2D eigenvalue weighted by Crippen LogP contribution is -2.08. The highest BCUT2D eigenvalue weighted by atomic mass is 19.1. The highest BCUT2D eigenvalue weighted by molar-refractivity contribution is 6.10. The molecule has 0 spiro atoms. The second-order valence-electron chi connectivity index (χ2n) is 6.73. The van der Waals surface area contributed by atoms with Crippen molar-refractivity contribution in [2.75, 3.05) is 6.54 Å². The minimum Gasteiger partial charge on any atom is -0.486 e. The van der Waals surface area contributed by atoms with Crippen LogP contribution in [0.3, 0.4) is 0 Å². The van der Waals surface area contributed by atoms with Gasteiger partial charge in [-0.25, -0.2) is 4.39 Å². The molecule has 128 valence electrons. The van der Waals surface area contributed by atoms with E-state index >= 15 is 4.39 Å². The number of nitrogens with zero attached hydrogens (tertiary/aromatic N) is 1.